The van der Waals surface area contributed by atoms with Crippen LogP contribution in [0.4, 0.5) is 10.5 Å². The van der Waals surface area contributed by atoms with E-state index >= 15 is 0 Å². The van der Waals surface area contributed by atoms with Crippen molar-refractivity contribution in [1.29, 1.82) is 0 Å². The van der Waals surface area contributed by atoms with Gasteiger partial charge in [0.2, 0.25) is 24.1 Å². The third kappa shape index (κ3) is 34.4. The second kappa shape index (κ2) is 36.4. The lowest BCUT2D eigenvalue weighted by atomic mass is 10.1. The van der Waals surface area contributed by atoms with Crippen LogP contribution in [0.2, 0.25) is 0 Å². The maximum atomic E-state index is 12.3. The minimum absolute atomic E-state index is 0.0126. The predicted molar refractivity (Wildman–Crippen MR) is 226 cm³/mol. The molecule has 0 spiro atoms. The van der Waals surface area contributed by atoms with Crippen LogP contribution in [-0.4, -0.2) is 111 Å². The largest absolute Gasteiger partial charge is 0.481 e. The lowest BCUT2D eigenvalue weighted by Gasteiger charge is -2.17. The van der Waals surface area contributed by atoms with E-state index in [1.54, 1.807) is 32.9 Å². The Hall–Kier alpha value is -5.63. The van der Waals surface area contributed by atoms with Crippen LogP contribution in [0.1, 0.15) is 104 Å². The average Bonchev–Trinajstić information content (AvgIpc) is 3.19. The van der Waals surface area contributed by atoms with Crippen LogP contribution >= 0.6 is 0 Å². The summed E-state index contributed by atoms with van der Waals surface area (Å²) in [6.07, 6.45) is 2.12. The lowest BCUT2D eigenvalue weighted by Crippen LogP contribution is -2.42. The lowest BCUT2D eigenvalue weighted by molar-refractivity contribution is -0.148. The number of aliphatic carboxylic acids is 1. The minimum atomic E-state index is -0.745. The van der Waals surface area contributed by atoms with Crippen molar-refractivity contribution < 1.29 is 57.7 Å². The van der Waals surface area contributed by atoms with Gasteiger partial charge in [-0.1, -0.05) is 61.5 Å². The van der Waals surface area contributed by atoms with Crippen molar-refractivity contribution in [3.05, 3.63) is 29.3 Å². The fourth-order valence-electron chi connectivity index (χ4n) is 3.64. The van der Waals surface area contributed by atoms with E-state index in [1.807, 2.05) is 41.5 Å². The fraction of sp³-hybridized carbons (Fsp3) is 0.625. The molecule has 20 nitrogen and oxygen atoms in total. The standard InChI is InChI=1S/C17H24N4O5.C16H30N2O4.C4H10N2O.C3H6O2/c1-11(2)17(25)26-9-12-3-4-13(21-15(23)8-19-10-22)7-14(12)16(24)20-6-5-18;1-11(2)13(5)18-16(21)10-17-15(20)7-9-22-8-6-14(19)12(3)4;1-2-3-6-4(5)7;1-2-3(4)5/h3-4,7,10-11H,5-6,8-9,18H2,1-2H3,(H,19,22)(H,20,24)(H,21,23);11-13H,6-10H2,1-5H3,(H,17,20)(H,18,21);2-3H2,1H3,(H3,5,6,7);2H2,1H3,(H,4,5). The summed E-state index contributed by atoms with van der Waals surface area (Å²) in [5.41, 5.74) is 11.3. The molecule has 342 valence electrons. The molecule has 1 unspecified atom stereocenters. The number of urea groups is 1. The molecule has 0 radical (unpaired) electrons. The van der Waals surface area contributed by atoms with Crippen LogP contribution in [0.3, 0.4) is 0 Å². The molecule has 0 saturated heterocycles. The van der Waals surface area contributed by atoms with E-state index in [0.717, 1.165) is 6.42 Å². The Bertz CT molecular complexity index is 1470. The Morgan fingerprint density at radius 2 is 1.42 bits per heavy atom. The summed E-state index contributed by atoms with van der Waals surface area (Å²) in [4.78, 5) is 99.6. The SMILES string of the molecule is CC(C)C(=O)CCOCCC(=O)NCC(=O)NC(C)C(C)C.CC(C)C(=O)OCc1ccc(NC(=O)CNC=O)cc1C(=O)NCCN.CCC(=O)O.CCCNC(N)=O. The van der Waals surface area contributed by atoms with Gasteiger partial charge >= 0.3 is 18.0 Å². The Morgan fingerprint density at radius 1 is 0.800 bits per heavy atom. The molecule has 60 heavy (non-hydrogen) atoms. The topological polar surface area (TPSA) is 317 Å². The molecule has 0 fully saturated rings. The Morgan fingerprint density at radius 3 is 1.90 bits per heavy atom. The highest BCUT2D eigenvalue weighted by Crippen LogP contribution is 2.18. The van der Waals surface area contributed by atoms with Crippen molar-refractivity contribution in [3.8, 4) is 0 Å². The van der Waals surface area contributed by atoms with Crippen LogP contribution in [0.25, 0.3) is 0 Å². The summed E-state index contributed by atoms with van der Waals surface area (Å²) in [6.45, 7) is 18.2. The number of ketones is 1. The zero-order valence-corrected chi connectivity index (χ0v) is 36.7. The van der Waals surface area contributed by atoms with Crippen molar-refractivity contribution in [1.82, 2.24) is 26.6 Å². The number of ether oxygens (including phenoxy) is 2. The van der Waals surface area contributed by atoms with Crippen LogP contribution in [-0.2, 0) is 49.6 Å². The highest BCUT2D eigenvalue weighted by molar-refractivity contribution is 5.99. The van der Waals surface area contributed by atoms with E-state index in [-0.39, 0.29) is 99.2 Å². The first-order valence-electron chi connectivity index (χ1n) is 19.8. The highest BCUT2D eigenvalue weighted by Gasteiger charge is 2.16. The number of Topliss-reactive ketones (excluding diaryl/α,β-unsaturated/α-hetero) is 1. The number of hydrogen-bond acceptors (Lipinski definition) is 12. The van der Waals surface area contributed by atoms with Gasteiger partial charge in [-0.15, -0.1) is 0 Å². The van der Waals surface area contributed by atoms with Gasteiger partial charge in [-0.05, 0) is 31.4 Å². The minimum Gasteiger partial charge on any atom is -0.481 e. The highest BCUT2D eigenvalue weighted by atomic mass is 16.5. The van der Waals surface area contributed by atoms with Gasteiger partial charge in [-0.3, -0.25) is 38.4 Å². The maximum absolute atomic E-state index is 12.3. The van der Waals surface area contributed by atoms with Crippen LogP contribution in [0.15, 0.2) is 18.2 Å². The molecule has 1 aromatic rings. The first-order chi connectivity index (χ1) is 28.2. The van der Waals surface area contributed by atoms with Gasteiger partial charge in [0.15, 0.2) is 0 Å². The summed E-state index contributed by atoms with van der Waals surface area (Å²) >= 11 is 0. The molecule has 0 aliphatic rings. The Labute approximate surface area is 353 Å². The van der Waals surface area contributed by atoms with Gasteiger partial charge < -0.3 is 57.9 Å². The third-order valence-corrected chi connectivity index (χ3v) is 7.55. The molecule has 1 rings (SSSR count). The van der Waals surface area contributed by atoms with Gasteiger partial charge in [0.25, 0.3) is 5.91 Å². The molecule has 0 bridgehead atoms. The number of carbonyl (C=O) groups excluding carboxylic acids is 8. The number of primary amides is 1. The molecule has 20 heteroatoms. The smallest absolute Gasteiger partial charge is 0.312 e. The van der Waals surface area contributed by atoms with Gasteiger partial charge in [-0.2, -0.15) is 0 Å². The molecular formula is C40H70N8O12. The quantitative estimate of drug-likeness (QED) is 0.0406. The van der Waals surface area contributed by atoms with E-state index < -0.39 is 23.8 Å². The molecule has 0 aromatic heterocycles. The zero-order valence-electron chi connectivity index (χ0n) is 36.7. The number of nitrogens with two attached hydrogens (primary N) is 2. The van der Waals surface area contributed by atoms with E-state index in [1.165, 1.54) is 6.07 Å². The van der Waals surface area contributed by atoms with Crippen LogP contribution in [0.5, 0.6) is 0 Å². The first kappa shape index (κ1) is 58.7. The third-order valence-electron chi connectivity index (χ3n) is 7.55. The molecule has 1 aromatic carbocycles. The number of esters is 1. The van der Waals surface area contributed by atoms with Crippen LogP contribution in [0, 0.1) is 17.8 Å². The molecular weight excluding hydrogens is 784 g/mol. The van der Waals surface area contributed by atoms with Crippen molar-refractivity contribution in [2.45, 2.75) is 101 Å². The second-order valence-corrected chi connectivity index (χ2v) is 13.9. The van der Waals surface area contributed by atoms with Crippen molar-refractivity contribution in [2.75, 3.05) is 51.3 Å². The molecule has 1 atom stereocenters. The van der Waals surface area contributed by atoms with Crippen molar-refractivity contribution >= 4 is 59.5 Å². The first-order valence-corrected chi connectivity index (χ1v) is 19.8. The zero-order chi connectivity index (χ0) is 46.6. The summed E-state index contributed by atoms with van der Waals surface area (Å²) in [7, 11) is 0. The Balaban J connectivity index is -0.000000857. The number of amides is 7. The van der Waals surface area contributed by atoms with Gasteiger partial charge in [0, 0.05) is 67.7 Å². The summed E-state index contributed by atoms with van der Waals surface area (Å²) in [6, 6.07) is 4.28. The summed E-state index contributed by atoms with van der Waals surface area (Å²) in [5.74, 6) is -2.16. The number of nitrogens with one attached hydrogen (secondary N) is 6. The van der Waals surface area contributed by atoms with Crippen molar-refractivity contribution in [2.24, 2.45) is 29.2 Å². The number of carboxylic acid groups (broad SMARTS) is 1. The number of anilines is 1. The second-order valence-electron chi connectivity index (χ2n) is 13.9. The van der Waals surface area contributed by atoms with E-state index in [2.05, 4.69) is 31.9 Å². The molecule has 0 aliphatic heterocycles. The molecule has 11 N–H and O–H groups in total. The van der Waals surface area contributed by atoms with Gasteiger partial charge in [0.05, 0.1) is 32.2 Å². The average molecular weight is 855 g/mol. The number of hydrogen-bond donors (Lipinski definition) is 9. The molecule has 0 saturated carbocycles. The van der Waals surface area contributed by atoms with E-state index in [4.69, 9.17) is 26.0 Å². The number of rotatable bonds is 24. The summed E-state index contributed by atoms with van der Waals surface area (Å²) < 4.78 is 10.4. The monoisotopic (exact) mass is 855 g/mol. The Kier molecular flexibility index (Phi) is 35.7. The normalized spacial score (nSPS) is 10.5. The molecule has 7 amide bonds. The predicted octanol–water partition coefficient (Wildman–Crippen LogP) is 1.59. The van der Waals surface area contributed by atoms with Gasteiger partial charge in [-0.25, -0.2) is 4.79 Å². The molecule has 0 aliphatic carbocycles. The van der Waals surface area contributed by atoms with Crippen LogP contribution < -0.4 is 43.4 Å². The van der Waals surface area contributed by atoms with E-state index in [0.29, 0.717) is 43.2 Å². The number of benzene rings is 1. The van der Waals surface area contributed by atoms with Crippen molar-refractivity contribution in [3.63, 3.8) is 0 Å². The number of carbonyl (C=O) groups is 9. The van der Waals surface area contributed by atoms with E-state index in [9.17, 15) is 43.2 Å². The maximum Gasteiger partial charge on any atom is 0.312 e. The van der Waals surface area contributed by atoms with Gasteiger partial charge in [0.1, 0.15) is 12.4 Å². The summed E-state index contributed by atoms with van der Waals surface area (Å²) in [5, 5.41) is 23.0. The molecule has 0 heterocycles. The number of carboxylic acids is 1. The fourth-order valence-corrected chi connectivity index (χ4v) is 3.64.